The first-order valence-corrected chi connectivity index (χ1v) is 16.4. The first kappa shape index (κ1) is 39.0. The predicted octanol–water partition coefficient (Wildman–Crippen LogP) is 5.83. The van der Waals surface area contributed by atoms with Crippen molar-refractivity contribution in [2.24, 2.45) is 5.73 Å². The first-order chi connectivity index (χ1) is 23.0. The number of phenolic OH excluding ortho intramolecular Hbond substituents is 1. The van der Waals surface area contributed by atoms with Gasteiger partial charge in [-0.2, -0.15) is 27.9 Å². The number of hydrogen-bond donors (Lipinski definition) is 4. The number of nitrogens with one attached hydrogen (secondary N) is 1. The van der Waals surface area contributed by atoms with Crippen LogP contribution in [0, 0.1) is 0 Å². The summed E-state index contributed by atoms with van der Waals surface area (Å²) in [7, 11) is 2.14. The van der Waals surface area contributed by atoms with Crippen LogP contribution in [0.5, 0.6) is 5.75 Å². The summed E-state index contributed by atoms with van der Waals surface area (Å²) in [6.45, 7) is 4.39. The number of hydrogen-bond acceptors (Lipinski definition) is 7. The third-order valence-electron chi connectivity index (χ3n) is 7.49. The number of amides is 3. The van der Waals surface area contributed by atoms with Crippen LogP contribution in [0.4, 0.5) is 23.0 Å². The number of quaternary nitrogens is 1. The Kier molecular flexibility index (Phi) is 13.7. The number of carbonyl (C=O) groups excluding carboxylic acids is 3. The maximum absolute atomic E-state index is 14.0. The van der Waals surface area contributed by atoms with E-state index in [1.807, 2.05) is 31.2 Å². The Morgan fingerprint density at radius 2 is 1.67 bits per heavy atom. The maximum Gasteiger partial charge on any atom is 0.497 e. The van der Waals surface area contributed by atoms with Crippen molar-refractivity contribution in [1.82, 2.24) is 0 Å². The molecule has 0 bridgehead atoms. The molecular formula is C33H38ClF3N4O7S+2. The highest BCUT2D eigenvalue weighted by Crippen LogP contribution is 2.25. The molecule has 5 N–H and O–H groups in total. The minimum atomic E-state index is -5.08. The van der Waals surface area contributed by atoms with Crippen LogP contribution in [0.15, 0.2) is 60.7 Å². The zero-order valence-corrected chi connectivity index (χ0v) is 28.4. The lowest BCUT2D eigenvalue weighted by atomic mass is 10.0. The number of alkyl halides is 3. The van der Waals surface area contributed by atoms with E-state index in [9.17, 15) is 32.7 Å². The summed E-state index contributed by atoms with van der Waals surface area (Å²) in [5, 5.41) is 20.9. The van der Waals surface area contributed by atoms with Gasteiger partial charge in [0.05, 0.1) is 20.2 Å². The number of piperidine rings is 1. The topological polar surface area (TPSA) is 159 Å². The SMILES string of the molecule is CCCOC(=O)c1ccc(NC(=O)/[N+](=C2/CCC[N+](C)(Cc3ccc(Cl)cc3)C2)[C@@H](Cc2ccc(O)cc2)C(N)=O)s1.O=C(O)C(F)(F)F. The van der Waals surface area contributed by atoms with Crippen molar-refractivity contribution >= 4 is 57.5 Å². The van der Waals surface area contributed by atoms with E-state index in [1.54, 1.807) is 24.3 Å². The summed E-state index contributed by atoms with van der Waals surface area (Å²) in [6, 6.07) is 16.0. The number of likely N-dealkylation sites (tertiary alicyclic amines) is 1. The second-order valence-electron chi connectivity index (χ2n) is 11.6. The van der Waals surface area contributed by atoms with E-state index >= 15 is 0 Å². The highest BCUT2D eigenvalue weighted by Gasteiger charge is 2.40. The van der Waals surface area contributed by atoms with Gasteiger partial charge in [-0.3, -0.25) is 4.79 Å². The quantitative estimate of drug-likeness (QED) is 0.116. The van der Waals surface area contributed by atoms with Gasteiger partial charge >= 0.3 is 24.1 Å². The van der Waals surface area contributed by atoms with Crippen molar-refractivity contribution in [2.75, 3.05) is 32.1 Å². The van der Waals surface area contributed by atoms with Gasteiger partial charge in [-0.05, 0) is 48.4 Å². The zero-order chi connectivity index (χ0) is 36.4. The number of nitrogens with two attached hydrogens (primary N) is 1. The van der Waals surface area contributed by atoms with Crippen LogP contribution in [0.1, 0.15) is 47.0 Å². The van der Waals surface area contributed by atoms with Crippen LogP contribution in [0.3, 0.4) is 0 Å². The van der Waals surface area contributed by atoms with Crippen molar-refractivity contribution in [3.63, 3.8) is 0 Å². The number of phenols is 1. The Balaban J connectivity index is 0.000000838. The van der Waals surface area contributed by atoms with E-state index in [0.717, 1.165) is 47.7 Å². The molecule has 2 heterocycles. The fourth-order valence-corrected chi connectivity index (χ4v) is 6.17. The standard InChI is InChI=1S/C31H35ClN4O5S.C2HF3O2/c1-3-17-41-30(39)27-14-15-28(42-27)34-31(40)35(26(29(33)38)18-21-8-12-25(37)13-9-21)24-5-4-16-36(2,20-24)19-22-6-10-23(32)11-7-22;3-2(4,5)1(6)7/h6-15,26H,3-5,16-20H2,1-2H3,(H2-2,33,34,37,38,39,40);(H,6,7)/p+2/b35-24-;/t26-,36?;/m0./s1. The number of carbonyl (C=O) groups is 4. The van der Waals surface area contributed by atoms with Gasteiger partial charge in [0.2, 0.25) is 0 Å². The summed E-state index contributed by atoms with van der Waals surface area (Å²) in [4.78, 5) is 48.5. The van der Waals surface area contributed by atoms with Crippen molar-refractivity contribution < 1.29 is 56.4 Å². The minimum absolute atomic E-state index is 0.104. The molecule has 0 spiro atoms. The fraction of sp³-hybridized carbons (Fsp3) is 0.364. The largest absolute Gasteiger partial charge is 0.508 e. The van der Waals surface area contributed by atoms with Crippen LogP contribution >= 0.6 is 22.9 Å². The number of nitrogens with zero attached hydrogens (tertiary/aromatic N) is 2. The van der Waals surface area contributed by atoms with Crippen molar-refractivity contribution in [1.29, 1.82) is 0 Å². The van der Waals surface area contributed by atoms with Gasteiger partial charge in [0.1, 0.15) is 29.4 Å². The second-order valence-corrected chi connectivity index (χ2v) is 13.2. The number of aromatic hydroxyl groups is 1. The molecule has 264 valence electrons. The Bertz CT molecular complexity index is 1660. The Hall–Kier alpha value is -4.47. The molecule has 11 nitrogen and oxygen atoms in total. The normalized spacial score (nSPS) is 17.6. The monoisotopic (exact) mass is 726 g/mol. The summed E-state index contributed by atoms with van der Waals surface area (Å²) >= 11 is 7.20. The molecule has 1 saturated heterocycles. The molecule has 16 heteroatoms. The molecule has 49 heavy (non-hydrogen) atoms. The Morgan fingerprint density at radius 3 is 2.24 bits per heavy atom. The number of thiophene rings is 1. The average Bonchev–Trinajstić information content (AvgIpc) is 3.50. The summed E-state index contributed by atoms with van der Waals surface area (Å²) in [5.41, 5.74) is 8.62. The number of ether oxygens (including phenoxy) is 1. The summed E-state index contributed by atoms with van der Waals surface area (Å²) in [6.07, 6.45) is -2.76. The van der Waals surface area contributed by atoms with Crippen LogP contribution in [0.25, 0.3) is 0 Å². The van der Waals surface area contributed by atoms with E-state index in [1.165, 1.54) is 16.7 Å². The summed E-state index contributed by atoms with van der Waals surface area (Å²) < 4.78 is 39.1. The van der Waals surface area contributed by atoms with Crippen LogP contribution in [-0.2, 0) is 27.3 Å². The number of urea groups is 1. The van der Waals surface area contributed by atoms with Gasteiger partial charge in [-0.15, -0.1) is 0 Å². The minimum Gasteiger partial charge on any atom is -0.508 e. The maximum atomic E-state index is 14.0. The number of rotatable bonds is 10. The molecule has 0 radical (unpaired) electrons. The lowest BCUT2D eigenvalue weighted by molar-refractivity contribution is -0.918. The fourth-order valence-electron chi connectivity index (χ4n) is 5.25. The van der Waals surface area contributed by atoms with Gasteiger partial charge in [-0.1, -0.05) is 54.1 Å². The number of benzene rings is 2. The molecule has 3 aromatic rings. The molecule has 1 unspecified atom stereocenters. The van der Waals surface area contributed by atoms with E-state index in [0.29, 0.717) is 45.4 Å². The molecule has 0 aliphatic carbocycles. The number of halogens is 4. The van der Waals surface area contributed by atoms with Gasteiger partial charge in [0.25, 0.3) is 5.91 Å². The molecule has 1 fully saturated rings. The van der Waals surface area contributed by atoms with E-state index in [-0.39, 0.29) is 12.2 Å². The first-order valence-electron chi connectivity index (χ1n) is 15.2. The van der Waals surface area contributed by atoms with Gasteiger partial charge in [0, 0.05) is 29.8 Å². The van der Waals surface area contributed by atoms with E-state index < -0.39 is 36.1 Å². The average molecular weight is 727 g/mol. The molecule has 1 aliphatic rings. The van der Waals surface area contributed by atoms with Crippen LogP contribution < -0.4 is 11.1 Å². The number of primary amides is 1. The van der Waals surface area contributed by atoms with Gasteiger partial charge in [0.15, 0.2) is 11.0 Å². The smallest absolute Gasteiger partial charge is 0.497 e. The van der Waals surface area contributed by atoms with Crippen molar-refractivity contribution in [2.45, 2.75) is 51.4 Å². The lowest BCUT2D eigenvalue weighted by Gasteiger charge is -2.38. The third kappa shape index (κ3) is 11.9. The molecule has 1 aromatic heterocycles. The highest BCUT2D eigenvalue weighted by molar-refractivity contribution is 7.18. The molecular weight excluding hydrogens is 689 g/mol. The molecule has 1 aliphatic heterocycles. The van der Waals surface area contributed by atoms with E-state index in [2.05, 4.69) is 12.4 Å². The molecule has 0 saturated carbocycles. The zero-order valence-electron chi connectivity index (χ0n) is 26.8. The molecule has 3 amide bonds. The van der Waals surface area contributed by atoms with Crippen LogP contribution in [0.2, 0.25) is 5.02 Å². The van der Waals surface area contributed by atoms with Gasteiger partial charge in [-0.25, -0.2) is 9.59 Å². The Labute approximate surface area is 290 Å². The van der Waals surface area contributed by atoms with Gasteiger partial charge < -0.3 is 25.2 Å². The number of carboxylic acid groups (broad SMARTS) is 1. The number of anilines is 1. The molecule has 4 rings (SSSR count). The summed E-state index contributed by atoms with van der Waals surface area (Å²) in [5.74, 6) is -3.74. The molecule has 2 atom stereocenters. The molecule has 2 aromatic carbocycles. The van der Waals surface area contributed by atoms with Crippen molar-refractivity contribution in [3.8, 4) is 5.75 Å². The number of carboxylic acids is 1. The van der Waals surface area contributed by atoms with Crippen LogP contribution in [-0.4, -0.2) is 87.8 Å². The number of esters is 1. The Morgan fingerprint density at radius 1 is 1.06 bits per heavy atom. The van der Waals surface area contributed by atoms with Crippen molar-refractivity contribution in [3.05, 3.63) is 81.7 Å². The number of aliphatic carboxylic acids is 1. The predicted molar refractivity (Wildman–Crippen MR) is 178 cm³/mol. The lowest BCUT2D eigenvalue weighted by Crippen LogP contribution is -2.56. The highest BCUT2D eigenvalue weighted by atomic mass is 35.5. The third-order valence-corrected chi connectivity index (χ3v) is 8.72. The van der Waals surface area contributed by atoms with E-state index in [4.69, 9.17) is 32.0 Å². The second kappa shape index (κ2) is 17.3.